The highest BCUT2D eigenvalue weighted by atomic mass is 16.4. The van der Waals surface area contributed by atoms with Crippen molar-refractivity contribution in [3.05, 3.63) is 65.7 Å². The van der Waals surface area contributed by atoms with Gasteiger partial charge in [0, 0.05) is 6.54 Å². The predicted molar refractivity (Wildman–Crippen MR) is 118 cm³/mol. The molecule has 0 radical (unpaired) electrons. The van der Waals surface area contributed by atoms with E-state index in [9.17, 15) is 14.4 Å². The number of phenols is 1. The van der Waals surface area contributed by atoms with Crippen molar-refractivity contribution >= 4 is 17.9 Å². The maximum absolute atomic E-state index is 10.9. The highest BCUT2D eigenvalue weighted by molar-refractivity contribution is 5.75. The Morgan fingerprint density at radius 3 is 1.94 bits per heavy atom. The van der Waals surface area contributed by atoms with Gasteiger partial charge in [0.05, 0.1) is 6.54 Å². The number of phenolic OH excluding ortho intramolecular Hbond substituents is 1. The summed E-state index contributed by atoms with van der Waals surface area (Å²) in [6, 6.07) is 14.6. The number of rotatable bonds is 11. The average molecular weight is 447 g/mol. The van der Waals surface area contributed by atoms with E-state index in [4.69, 9.17) is 26.2 Å². The van der Waals surface area contributed by atoms with E-state index >= 15 is 0 Å². The number of hydrogen-bond donors (Lipinski definition) is 5. The molecule has 0 bridgehead atoms. The number of benzene rings is 2. The molecule has 0 aromatic heterocycles. The minimum absolute atomic E-state index is 0.205. The Morgan fingerprint density at radius 1 is 0.875 bits per heavy atom. The van der Waals surface area contributed by atoms with E-state index in [1.165, 1.54) is 11.8 Å². The molecule has 0 unspecified atom stereocenters. The normalized spacial score (nSPS) is 12.3. The number of nitrogens with zero attached hydrogens (tertiary/aromatic N) is 1. The summed E-state index contributed by atoms with van der Waals surface area (Å²) >= 11 is 0. The lowest BCUT2D eigenvalue weighted by atomic mass is 10.1. The summed E-state index contributed by atoms with van der Waals surface area (Å²) in [7, 11) is 0. The van der Waals surface area contributed by atoms with Gasteiger partial charge in [-0.25, -0.2) is 0 Å². The van der Waals surface area contributed by atoms with Crippen LogP contribution in [0.25, 0.3) is 0 Å². The van der Waals surface area contributed by atoms with E-state index < -0.39 is 30.0 Å². The molecule has 9 heteroatoms. The monoisotopic (exact) mass is 446 g/mol. The summed E-state index contributed by atoms with van der Waals surface area (Å²) in [4.78, 5) is 33.5. The summed E-state index contributed by atoms with van der Waals surface area (Å²) < 4.78 is 0. The number of carbonyl (C=O) groups is 3. The number of aliphatic carboxylic acids is 3. The molecule has 0 aliphatic rings. The molecule has 0 spiro atoms. The van der Waals surface area contributed by atoms with Gasteiger partial charge in [0.1, 0.15) is 17.8 Å². The maximum atomic E-state index is 10.9. The van der Waals surface area contributed by atoms with E-state index in [0.29, 0.717) is 25.8 Å². The third-order valence-electron chi connectivity index (χ3n) is 4.77. The minimum atomic E-state index is -1.02. The fourth-order valence-electron chi connectivity index (χ4n) is 2.77. The third-order valence-corrected chi connectivity index (χ3v) is 4.77. The van der Waals surface area contributed by atoms with Crippen LogP contribution in [0.1, 0.15) is 24.5 Å². The van der Waals surface area contributed by atoms with Gasteiger partial charge in [0.15, 0.2) is 0 Å². The topological polar surface area (TPSA) is 161 Å². The summed E-state index contributed by atoms with van der Waals surface area (Å²) in [6.45, 7) is 1.64. The van der Waals surface area contributed by atoms with E-state index in [1.54, 1.807) is 24.3 Å². The molecule has 9 nitrogen and oxygen atoms in total. The second kappa shape index (κ2) is 13.8. The van der Waals surface area contributed by atoms with Crippen LogP contribution in [0.4, 0.5) is 0 Å². The summed E-state index contributed by atoms with van der Waals surface area (Å²) in [5, 5.41) is 35.2. The van der Waals surface area contributed by atoms with Crippen LogP contribution in [0.5, 0.6) is 5.75 Å². The quantitative estimate of drug-likeness (QED) is 0.347. The van der Waals surface area contributed by atoms with Crippen molar-refractivity contribution in [1.82, 2.24) is 4.90 Å². The maximum Gasteiger partial charge on any atom is 0.320 e. The Labute approximate surface area is 186 Å². The van der Waals surface area contributed by atoms with Crippen LogP contribution in [0.15, 0.2) is 54.6 Å². The standard InChI is InChI=1S/C13H17NO4.C10H13NO3/c1-10(13(17)18)14(9-12(15)16)8-7-11-5-3-2-4-6-11;11-9(10(13)14)6-3-7-1-4-8(12)5-2-7/h2-6,10H,7-9H2,1H3,(H,15,16)(H,17,18);1-2,4-5,9,12H,3,6,11H2,(H,13,14)/t10-;9-/m10/s1. The molecule has 0 heterocycles. The Kier molecular flexibility index (Phi) is 11.5. The van der Waals surface area contributed by atoms with E-state index in [0.717, 1.165) is 11.1 Å². The zero-order valence-corrected chi connectivity index (χ0v) is 17.9. The van der Waals surface area contributed by atoms with Crippen molar-refractivity contribution in [1.29, 1.82) is 0 Å². The van der Waals surface area contributed by atoms with Gasteiger partial charge in [-0.05, 0) is 49.4 Å². The van der Waals surface area contributed by atoms with Crippen LogP contribution in [0.2, 0.25) is 0 Å². The van der Waals surface area contributed by atoms with Gasteiger partial charge in [0.25, 0.3) is 0 Å². The van der Waals surface area contributed by atoms with Crippen LogP contribution in [-0.2, 0) is 27.2 Å². The highest BCUT2D eigenvalue weighted by Gasteiger charge is 2.22. The summed E-state index contributed by atoms with van der Waals surface area (Å²) in [5.41, 5.74) is 7.38. The van der Waals surface area contributed by atoms with Gasteiger partial charge < -0.3 is 26.2 Å². The first-order valence-corrected chi connectivity index (χ1v) is 10.1. The van der Waals surface area contributed by atoms with E-state index in [2.05, 4.69) is 0 Å². The van der Waals surface area contributed by atoms with Gasteiger partial charge in [0.2, 0.25) is 0 Å². The van der Waals surface area contributed by atoms with Crippen molar-refractivity contribution in [2.24, 2.45) is 5.73 Å². The van der Waals surface area contributed by atoms with Crippen LogP contribution in [0.3, 0.4) is 0 Å². The smallest absolute Gasteiger partial charge is 0.320 e. The molecule has 6 N–H and O–H groups in total. The largest absolute Gasteiger partial charge is 0.508 e. The third kappa shape index (κ3) is 10.6. The molecule has 0 aliphatic carbocycles. The lowest BCUT2D eigenvalue weighted by Crippen LogP contribution is -2.43. The molecule has 0 amide bonds. The van der Waals surface area contributed by atoms with Crippen molar-refractivity contribution in [2.75, 3.05) is 13.1 Å². The van der Waals surface area contributed by atoms with Crippen LogP contribution >= 0.6 is 0 Å². The van der Waals surface area contributed by atoms with E-state index in [-0.39, 0.29) is 12.3 Å². The Hall–Kier alpha value is -3.43. The number of aromatic hydroxyl groups is 1. The lowest BCUT2D eigenvalue weighted by Gasteiger charge is -2.24. The van der Waals surface area contributed by atoms with Crippen LogP contribution in [-0.4, -0.2) is 68.4 Å². The number of aryl methyl sites for hydroxylation is 1. The predicted octanol–water partition coefficient (Wildman–Crippen LogP) is 1.83. The van der Waals surface area contributed by atoms with Crippen molar-refractivity contribution in [3.63, 3.8) is 0 Å². The molecule has 2 atom stereocenters. The summed E-state index contributed by atoms with van der Waals surface area (Å²) in [6.07, 6.45) is 1.64. The Morgan fingerprint density at radius 2 is 1.44 bits per heavy atom. The fourth-order valence-corrected chi connectivity index (χ4v) is 2.77. The first-order valence-electron chi connectivity index (χ1n) is 10.1. The number of carboxylic acid groups (broad SMARTS) is 3. The molecular formula is C23H30N2O7. The lowest BCUT2D eigenvalue weighted by molar-refractivity contribution is -0.145. The number of nitrogens with two attached hydrogens (primary N) is 1. The molecule has 0 fully saturated rings. The molecule has 2 aromatic carbocycles. The fraction of sp³-hybridized carbons (Fsp3) is 0.348. The zero-order valence-electron chi connectivity index (χ0n) is 17.9. The minimum Gasteiger partial charge on any atom is -0.508 e. The molecule has 2 rings (SSSR count). The second-order valence-corrected chi connectivity index (χ2v) is 7.26. The second-order valence-electron chi connectivity index (χ2n) is 7.26. The van der Waals surface area contributed by atoms with Crippen molar-refractivity contribution < 1.29 is 34.8 Å². The highest BCUT2D eigenvalue weighted by Crippen LogP contribution is 2.11. The van der Waals surface area contributed by atoms with Crippen molar-refractivity contribution in [3.8, 4) is 5.75 Å². The number of hydrogen-bond acceptors (Lipinski definition) is 6. The van der Waals surface area contributed by atoms with Crippen molar-refractivity contribution in [2.45, 2.75) is 38.3 Å². The van der Waals surface area contributed by atoms with Gasteiger partial charge in [-0.15, -0.1) is 0 Å². The Balaban J connectivity index is 0.000000330. The Bertz CT molecular complexity index is 856. The SMILES string of the molecule is C[C@H](C(=O)O)N(CCc1ccccc1)CC(=O)O.N[C@@H](CCc1ccc(O)cc1)C(=O)O. The van der Waals surface area contributed by atoms with Crippen LogP contribution in [0, 0.1) is 0 Å². The molecule has 2 aromatic rings. The van der Waals surface area contributed by atoms with Crippen LogP contribution < -0.4 is 5.73 Å². The van der Waals surface area contributed by atoms with Gasteiger partial charge in [-0.2, -0.15) is 0 Å². The first kappa shape index (κ1) is 26.6. The summed E-state index contributed by atoms with van der Waals surface area (Å²) in [5.74, 6) is -2.81. The first-order chi connectivity index (χ1) is 15.1. The molecule has 0 saturated heterocycles. The average Bonchev–Trinajstić information content (AvgIpc) is 2.76. The molecule has 0 aliphatic heterocycles. The number of carboxylic acids is 3. The zero-order chi connectivity index (χ0) is 24.1. The molecule has 174 valence electrons. The van der Waals surface area contributed by atoms with E-state index in [1.807, 2.05) is 30.3 Å². The molecular weight excluding hydrogens is 416 g/mol. The molecule has 0 saturated carbocycles. The molecule has 32 heavy (non-hydrogen) atoms. The van der Waals surface area contributed by atoms with Gasteiger partial charge >= 0.3 is 17.9 Å². The van der Waals surface area contributed by atoms with Gasteiger partial charge in [-0.1, -0.05) is 42.5 Å². The van der Waals surface area contributed by atoms with Gasteiger partial charge in [-0.3, -0.25) is 19.3 Å².